The van der Waals surface area contributed by atoms with Crippen LogP contribution in [0.5, 0.6) is 0 Å². The maximum absolute atomic E-state index is 12.7. The van der Waals surface area contributed by atoms with Gasteiger partial charge in [0.25, 0.3) is 0 Å². The summed E-state index contributed by atoms with van der Waals surface area (Å²) in [7, 11) is 0. The molecule has 1 saturated heterocycles. The zero-order chi connectivity index (χ0) is 10.9. The number of alkyl halides is 3. The van der Waals surface area contributed by atoms with E-state index in [0.29, 0.717) is 0 Å². The van der Waals surface area contributed by atoms with Gasteiger partial charge in [-0.05, 0) is 20.8 Å². The molecule has 0 saturated carbocycles. The Balaban J connectivity index is 2.80. The Morgan fingerprint density at radius 2 is 1.86 bits per heavy atom. The first-order valence-electron chi connectivity index (χ1n) is 4.76. The molecule has 1 heterocycles. The number of hydrogen-bond acceptors (Lipinski definition) is 2. The summed E-state index contributed by atoms with van der Waals surface area (Å²) in [6.45, 7) is 5.52. The first-order chi connectivity index (χ1) is 6.34. The minimum Gasteiger partial charge on any atom is -0.286 e. The highest BCUT2D eigenvalue weighted by Gasteiger charge is 2.47. The average Bonchev–Trinajstić information content (AvgIpc) is 2.01. The minimum atomic E-state index is -4.09. The Kier molecular flexibility index (Phi) is 3.75. The highest BCUT2D eigenvalue weighted by Crippen LogP contribution is 2.34. The van der Waals surface area contributed by atoms with Crippen molar-refractivity contribution in [3.8, 4) is 0 Å². The van der Waals surface area contributed by atoms with E-state index in [0.717, 1.165) is 5.75 Å². The molecule has 0 aromatic heterocycles. The molecule has 2 atom stereocenters. The minimum absolute atomic E-state index is 0.0142. The van der Waals surface area contributed by atoms with Crippen molar-refractivity contribution in [2.24, 2.45) is 0 Å². The molecule has 2 unspecified atom stereocenters. The molecule has 84 valence electrons. The van der Waals surface area contributed by atoms with Crippen molar-refractivity contribution in [1.82, 2.24) is 4.90 Å². The fourth-order valence-electron chi connectivity index (χ4n) is 1.96. The Labute approximate surface area is 87.0 Å². The summed E-state index contributed by atoms with van der Waals surface area (Å²) >= 11 is 1.40. The van der Waals surface area contributed by atoms with Crippen LogP contribution in [0.3, 0.4) is 0 Å². The molecule has 1 fully saturated rings. The van der Waals surface area contributed by atoms with Gasteiger partial charge in [-0.15, -0.1) is 0 Å². The van der Waals surface area contributed by atoms with Gasteiger partial charge in [-0.1, -0.05) is 0 Å². The lowest BCUT2D eigenvalue weighted by atomic mass is 10.1. The summed E-state index contributed by atoms with van der Waals surface area (Å²) in [6.07, 6.45) is -4.09. The average molecular weight is 227 g/mol. The van der Waals surface area contributed by atoms with Gasteiger partial charge in [0.1, 0.15) is 6.04 Å². The topological polar surface area (TPSA) is 3.24 Å². The van der Waals surface area contributed by atoms with Crippen LogP contribution in [-0.4, -0.2) is 40.7 Å². The van der Waals surface area contributed by atoms with Gasteiger partial charge in [-0.25, -0.2) is 0 Å². The van der Waals surface area contributed by atoms with Crippen molar-refractivity contribution in [2.45, 2.75) is 45.1 Å². The third kappa shape index (κ3) is 2.57. The number of thioether (sulfide) groups is 1. The molecule has 0 aromatic rings. The predicted molar refractivity (Wildman–Crippen MR) is 53.6 cm³/mol. The number of rotatable bonds is 1. The molecule has 0 radical (unpaired) electrons. The van der Waals surface area contributed by atoms with Crippen LogP contribution in [0.4, 0.5) is 13.2 Å². The normalized spacial score (nSPS) is 31.1. The fraction of sp³-hybridized carbons (Fsp3) is 1.00. The second kappa shape index (κ2) is 4.31. The molecular formula is C9H16F3NS. The molecule has 0 N–H and O–H groups in total. The van der Waals surface area contributed by atoms with Crippen LogP contribution in [-0.2, 0) is 0 Å². The van der Waals surface area contributed by atoms with Crippen molar-refractivity contribution in [3.05, 3.63) is 0 Å². The van der Waals surface area contributed by atoms with Gasteiger partial charge < -0.3 is 0 Å². The highest BCUT2D eigenvalue weighted by atomic mass is 32.2. The summed E-state index contributed by atoms with van der Waals surface area (Å²) in [5, 5.41) is 0. The third-order valence-corrected chi connectivity index (χ3v) is 3.75. The smallest absolute Gasteiger partial charge is 0.286 e. The van der Waals surface area contributed by atoms with Crippen LogP contribution in [0.25, 0.3) is 0 Å². The maximum atomic E-state index is 12.7. The Morgan fingerprint density at radius 1 is 1.29 bits per heavy atom. The van der Waals surface area contributed by atoms with Gasteiger partial charge in [0.05, 0.1) is 0 Å². The molecule has 1 rings (SSSR count). The van der Waals surface area contributed by atoms with Gasteiger partial charge in [-0.2, -0.15) is 24.9 Å². The molecule has 0 amide bonds. The molecule has 0 aliphatic carbocycles. The van der Waals surface area contributed by atoms with Crippen LogP contribution in [0.15, 0.2) is 0 Å². The summed E-state index contributed by atoms with van der Waals surface area (Å²) in [5.41, 5.74) is 0. The van der Waals surface area contributed by atoms with E-state index in [1.165, 1.54) is 11.8 Å². The SMILES string of the molecule is CC(C)N1C(C)CSCC1C(F)(F)F. The molecule has 0 bridgehead atoms. The highest BCUT2D eigenvalue weighted by molar-refractivity contribution is 7.99. The van der Waals surface area contributed by atoms with Gasteiger partial charge in [0.15, 0.2) is 0 Å². The summed E-state index contributed by atoms with van der Waals surface area (Å²) in [4.78, 5) is 1.58. The molecule has 5 heteroatoms. The van der Waals surface area contributed by atoms with Gasteiger partial charge in [0.2, 0.25) is 0 Å². The van der Waals surface area contributed by atoms with Crippen molar-refractivity contribution >= 4 is 11.8 Å². The molecule has 1 aliphatic heterocycles. The van der Waals surface area contributed by atoms with E-state index in [9.17, 15) is 13.2 Å². The summed E-state index contributed by atoms with van der Waals surface area (Å²) < 4.78 is 38.0. The quantitative estimate of drug-likeness (QED) is 0.677. The molecule has 14 heavy (non-hydrogen) atoms. The molecule has 0 aromatic carbocycles. The van der Waals surface area contributed by atoms with Crippen LogP contribution >= 0.6 is 11.8 Å². The van der Waals surface area contributed by atoms with Crippen LogP contribution in [0.1, 0.15) is 20.8 Å². The monoisotopic (exact) mass is 227 g/mol. The van der Waals surface area contributed by atoms with Gasteiger partial charge in [-0.3, -0.25) is 4.90 Å². The number of nitrogens with zero attached hydrogens (tertiary/aromatic N) is 1. The zero-order valence-electron chi connectivity index (χ0n) is 8.64. The molecule has 1 aliphatic rings. The third-order valence-electron chi connectivity index (χ3n) is 2.48. The van der Waals surface area contributed by atoms with Gasteiger partial charge >= 0.3 is 6.18 Å². The Hall–Kier alpha value is 0.100. The summed E-state index contributed by atoms with van der Waals surface area (Å²) in [5.74, 6) is 0.969. The first-order valence-corrected chi connectivity index (χ1v) is 5.91. The molecular weight excluding hydrogens is 211 g/mol. The van der Waals surface area contributed by atoms with E-state index >= 15 is 0 Å². The van der Waals surface area contributed by atoms with Crippen molar-refractivity contribution in [2.75, 3.05) is 11.5 Å². The second-order valence-corrected chi connectivity index (χ2v) is 5.06. The van der Waals surface area contributed by atoms with E-state index in [4.69, 9.17) is 0 Å². The van der Waals surface area contributed by atoms with Gasteiger partial charge in [0, 0.05) is 23.6 Å². The van der Waals surface area contributed by atoms with Crippen LogP contribution in [0, 0.1) is 0 Å². The van der Waals surface area contributed by atoms with Crippen molar-refractivity contribution in [3.63, 3.8) is 0 Å². The zero-order valence-corrected chi connectivity index (χ0v) is 9.45. The Morgan fingerprint density at radius 3 is 2.21 bits per heavy atom. The van der Waals surface area contributed by atoms with E-state index < -0.39 is 12.2 Å². The standard InChI is InChI=1S/C9H16F3NS/c1-6(2)13-7(3)4-14-5-8(13)9(10,11)12/h6-8H,4-5H2,1-3H3. The molecule has 1 nitrogen and oxygen atoms in total. The van der Waals surface area contributed by atoms with E-state index in [1.807, 2.05) is 20.8 Å². The largest absolute Gasteiger partial charge is 0.404 e. The van der Waals surface area contributed by atoms with E-state index in [-0.39, 0.29) is 17.8 Å². The van der Waals surface area contributed by atoms with E-state index in [1.54, 1.807) is 4.90 Å². The lowest BCUT2D eigenvalue weighted by molar-refractivity contribution is -0.187. The van der Waals surface area contributed by atoms with Crippen LogP contribution in [0.2, 0.25) is 0 Å². The van der Waals surface area contributed by atoms with Crippen molar-refractivity contribution < 1.29 is 13.2 Å². The molecule has 0 spiro atoms. The van der Waals surface area contributed by atoms with Crippen LogP contribution < -0.4 is 0 Å². The van der Waals surface area contributed by atoms with Crippen molar-refractivity contribution in [1.29, 1.82) is 0 Å². The lowest BCUT2D eigenvalue weighted by Gasteiger charge is -2.43. The predicted octanol–water partition coefficient (Wildman–Crippen LogP) is 2.76. The second-order valence-electron chi connectivity index (χ2n) is 3.98. The Bertz CT molecular complexity index is 193. The first kappa shape index (κ1) is 12.2. The fourth-order valence-corrected chi connectivity index (χ4v) is 3.20. The lowest BCUT2D eigenvalue weighted by Crippen LogP contribution is -2.57. The van der Waals surface area contributed by atoms with E-state index in [2.05, 4.69) is 0 Å². The number of halogens is 3. The summed E-state index contributed by atoms with van der Waals surface area (Å²) in [6, 6.07) is -1.30. The number of hydrogen-bond donors (Lipinski definition) is 0. The maximum Gasteiger partial charge on any atom is 0.404 e.